The van der Waals surface area contributed by atoms with Crippen molar-refractivity contribution in [2.24, 2.45) is 0 Å². The molecule has 0 heterocycles. The third-order valence-electron chi connectivity index (χ3n) is 2.41. The Morgan fingerprint density at radius 2 is 1.59 bits per heavy atom. The monoisotopic (exact) mass is 247 g/mol. The molecule has 2 atom stereocenters. The third kappa shape index (κ3) is 11.6. The maximum atomic E-state index is 10.3. The highest BCUT2D eigenvalue weighted by Gasteiger charge is 2.10. The van der Waals surface area contributed by atoms with E-state index >= 15 is 0 Å². The second kappa shape index (κ2) is 9.39. The molecule has 0 aliphatic rings. The van der Waals surface area contributed by atoms with Crippen molar-refractivity contribution in [2.75, 3.05) is 19.6 Å². The average Bonchev–Trinajstić information content (AvgIpc) is 2.14. The first-order valence-corrected chi connectivity index (χ1v) is 6.22. The summed E-state index contributed by atoms with van der Waals surface area (Å²) in [4.78, 5) is 12.3. The molecular formula is C12H25NO4. The minimum Gasteiger partial charge on any atom is -0.481 e. The van der Waals surface area contributed by atoms with Crippen molar-refractivity contribution < 1.29 is 20.1 Å². The highest BCUT2D eigenvalue weighted by molar-refractivity contribution is 5.66. The van der Waals surface area contributed by atoms with Crippen LogP contribution in [0, 0.1) is 0 Å². The number of aliphatic hydroxyl groups is 2. The van der Waals surface area contributed by atoms with Gasteiger partial charge in [-0.25, -0.2) is 0 Å². The molecular weight excluding hydrogens is 222 g/mol. The number of carboxylic acid groups (broad SMARTS) is 1. The highest BCUT2D eigenvalue weighted by Crippen LogP contribution is 2.04. The van der Waals surface area contributed by atoms with Crippen molar-refractivity contribution in [3.8, 4) is 0 Å². The summed E-state index contributed by atoms with van der Waals surface area (Å²) in [6.07, 6.45) is 1.84. The summed E-state index contributed by atoms with van der Waals surface area (Å²) >= 11 is 0. The van der Waals surface area contributed by atoms with Crippen LogP contribution in [0.2, 0.25) is 0 Å². The Kier molecular flexibility index (Phi) is 9.03. The first-order valence-electron chi connectivity index (χ1n) is 6.22. The van der Waals surface area contributed by atoms with E-state index in [-0.39, 0.29) is 6.42 Å². The van der Waals surface area contributed by atoms with Gasteiger partial charge in [0, 0.05) is 19.5 Å². The van der Waals surface area contributed by atoms with Crippen molar-refractivity contribution >= 4 is 5.97 Å². The predicted molar refractivity (Wildman–Crippen MR) is 65.9 cm³/mol. The average molecular weight is 247 g/mol. The van der Waals surface area contributed by atoms with E-state index in [1.807, 2.05) is 4.90 Å². The fraction of sp³-hybridized carbons (Fsp3) is 0.917. The zero-order valence-corrected chi connectivity index (χ0v) is 10.8. The molecule has 0 aliphatic carbocycles. The van der Waals surface area contributed by atoms with Crippen LogP contribution in [0.25, 0.3) is 0 Å². The standard InChI is InChI=1S/C12H25NO4/c1-10(14)8-13(9-11(2)15)7-5-3-4-6-12(16)17/h10-11,14-15H,3-9H2,1-2H3,(H,16,17). The molecule has 5 heteroatoms. The van der Waals surface area contributed by atoms with Crippen LogP contribution in [0.5, 0.6) is 0 Å². The van der Waals surface area contributed by atoms with E-state index in [0.717, 1.165) is 19.4 Å². The molecule has 5 nitrogen and oxygen atoms in total. The van der Waals surface area contributed by atoms with Crippen LogP contribution in [0.3, 0.4) is 0 Å². The zero-order chi connectivity index (χ0) is 13.3. The maximum Gasteiger partial charge on any atom is 0.303 e. The number of hydrogen-bond acceptors (Lipinski definition) is 4. The molecule has 2 unspecified atom stereocenters. The Morgan fingerprint density at radius 1 is 1.06 bits per heavy atom. The van der Waals surface area contributed by atoms with Gasteiger partial charge in [0.1, 0.15) is 0 Å². The lowest BCUT2D eigenvalue weighted by atomic mass is 10.2. The molecule has 0 fully saturated rings. The van der Waals surface area contributed by atoms with E-state index in [0.29, 0.717) is 19.5 Å². The number of aliphatic carboxylic acids is 1. The van der Waals surface area contributed by atoms with Crippen molar-refractivity contribution in [1.29, 1.82) is 0 Å². The molecule has 0 aromatic rings. The molecule has 17 heavy (non-hydrogen) atoms. The molecule has 0 amide bonds. The maximum absolute atomic E-state index is 10.3. The first kappa shape index (κ1) is 16.4. The van der Waals surface area contributed by atoms with E-state index < -0.39 is 18.2 Å². The Bertz CT molecular complexity index is 197. The lowest BCUT2D eigenvalue weighted by molar-refractivity contribution is -0.137. The normalized spacial score (nSPS) is 14.9. The van der Waals surface area contributed by atoms with E-state index in [9.17, 15) is 15.0 Å². The van der Waals surface area contributed by atoms with Crippen LogP contribution in [-0.2, 0) is 4.79 Å². The summed E-state index contributed by atoms with van der Waals surface area (Å²) < 4.78 is 0. The van der Waals surface area contributed by atoms with Crippen LogP contribution in [-0.4, -0.2) is 58.0 Å². The minimum atomic E-state index is -0.755. The molecule has 102 valence electrons. The van der Waals surface area contributed by atoms with Gasteiger partial charge in [0.05, 0.1) is 12.2 Å². The van der Waals surface area contributed by atoms with Gasteiger partial charge >= 0.3 is 5.97 Å². The first-order chi connectivity index (χ1) is 7.91. The van der Waals surface area contributed by atoms with Crippen LogP contribution < -0.4 is 0 Å². The summed E-state index contributed by atoms with van der Waals surface area (Å²) in [5.74, 6) is -0.755. The molecule has 0 rings (SSSR count). The Morgan fingerprint density at radius 3 is 2.00 bits per heavy atom. The number of aliphatic hydroxyl groups excluding tert-OH is 2. The van der Waals surface area contributed by atoms with Crippen molar-refractivity contribution in [2.45, 2.75) is 51.7 Å². The summed E-state index contributed by atoms with van der Waals surface area (Å²) in [5.41, 5.74) is 0. The van der Waals surface area contributed by atoms with Crippen LogP contribution in [0.1, 0.15) is 39.5 Å². The molecule has 0 aromatic carbocycles. The van der Waals surface area contributed by atoms with Crippen LogP contribution in [0.15, 0.2) is 0 Å². The number of unbranched alkanes of at least 4 members (excludes halogenated alkanes) is 2. The highest BCUT2D eigenvalue weighted by atomic mass is 16.4. The number of rotatable bonds is 10. The zero-order valence-electron chi connectivity index (χ0n) is 10.8. The van der Waals surface area contributed by atoms with Crippen molar-refractivity contribution in [3.63, 3.8) is 0 Å². The molecule has 0 spiro atoms. The molecule has 0 saturated heterocycles. The molecule has 0 aromatic heterocycles. The lowest BCUT2D eigenvalue weighted by Crippen LogP contribution is -2.36. The Labute approximate surface area is 103 Å². The summed E-state index contributed by atoms with van der Waals surface area (Å²) in [6.45, 7) is 5.32. The Balaban J connectivity index is 3.71. The van der Waals surface area contributed by atoms with Gasteiger partial charge in [0.2, 0.25) is 0 Å². The summed E-state index contributed by atoms with van der Waals surface area (Å²) in [6, 6.07) is 0. The predicted octanol–water partition coefficient (Wildman–Crippen LogP) is 0.695. The van der Waals surface area contributed by atoms with Gasteiger partial charge in [-0.2, -0.15) is 0 Å². The molecule has 0 aliphatic heterocycles. The molecule has 0 radical (unpaired) electrons. The van der Waals surface area contributed by atoms with E-state index in [2.05, 4.69) is 0 Å². The van der Waals surface area contributed by atoms with E-state index in [1.165, 1.54) is 0 Å². The number of carbonyl (C=O) groups is 1. The van der Waals surface area contributed by atoms with E-state index in [4.69, 9.17) is 5.11 Å². The van der Waals surface area contributed by atoms with E-state index in [1.54, 1.807) is 13.8 Å². The smallest absolute Gasteiger partial charge is 0.303 e. The third-order valence-corrected chi connectivity index (χ3v) is 2.41. The fourth-order valence-electron chi connectivity index (χ4n) is 1.79. The second-order valence-electron chi connectivity index (χ2n) is 4.66. The SMILES string of the molecule is CC(O)CN(CCCCCC(=O)O)CC(C)O. The topological polar surface area (TPSA) is 81.0 Å². The van der Waals surface area contributed by atoms with Gasteiger partial charge in [-0.15, -0.1) is 0 Å². The molecule has 0 bridgehead atoms. The van der Waals surface area contributed by atoms with Gasteiger partial charge in [0.15, 0.2) is 0 Å². The summed E-state index contributed by atoms with van der Waals surface area (Å²) in [5, 5.41) is 27.1. The van der Waals surface area contributed by atoms with Gasteiger partial charge in [0.25, 0.3) is 0 Å². The summed E-state index contributed by atoms with van der Waals surface area (Å²) in [7, 11) is 0. The quantitative estimate of drug-likeness (QED) is 0.495. The largest absolute Gasteiger partial charge is 0.481 e. The van der Waals surface area contributed by atoms with Crippen molar-refractivity contribution in [3.05, 3.63) is 0 Å². The second-order valence-corrected chi connectivity index (χ2v) is 4.66. The van der Waals surface area contributed by atoms with Gasteiger partial charge in [-0.1, -0.05) is 6.42 Å². The number of nitrogens with zero attached hydrogens (tertiary/aromatic N) is 1. The van der Waals surface area contributed by atoms with Gasteiger partial charge in [-0.05, 0) is 33.2 Å². The van der Waals surface area contributed by atoms with Crippen LogP contribution in [0.4, 0.5) is 0 Å². The van der Waals surface area contributed by atoms with Crippen molar-refractivity contribution in [1.82, 2.24) is 4.90 Å². The Hall–Kier alpha value is -0.650. The number of hydrogen-bond donors (Lipinski definition) is 3. The molecule has 0 saturated carbocycles. The molecule has 3 N–H and O–H groups in total. The minimum absolute atomic E-state index is 0.215. The lowest BCUT2D eigenvalue weighted by Gasteiger charge is -2.24. The number of carboxylic acids is 1. The van der Waals surface area contributed by atoms with Gasteiger partial charge < -0.3 is 15.3 Å². The fourth-order valence-corrected chi connectivity index (χ4v) is 1.79. The van der Waals surface area contributed by atoms with Gasteiger partial charge in [-0.3, -0.25) is 9.69 Å². The van der Waals surface area contributed by atoms with Crippen LogP contribution >= 0.6 is 0 Å².